The highest BCUT2D eigenvalue weighted by Gasteiger charge is 2.46. The van der Waals surface area contributed by atoms with Crippen molar-refractivity contribution in [3.05, 3.63) is 139 Å². The summed E-state index contributed by atoms with van der Waals surface area (Å²) in [6.45, 7) is 9.55. The first kappa shape index (κ1) is 26.5. The highest BCUT2D eigenvalue weighted by molar-refractivity contribution is 6.14. The number of nitrogens with zero attached hydrogens (tertiary/aromatic N) is 3. The van der Waals surface area contributed by atoms with Gasteiger partial charge in [-0.15, -0.1) is 0 Å². The molecule has 0 spiro atoms. The van der Waals surface area contributed by atoms with E-state index >= 15 is 0 Å². The van der Waals surface area contributed by atoms with Crippen LogP contribution in [0.15, 0.2) is 127 Å². The summed E-state index contributed by atoms with van der Waals surface area (Å²) >= 11 is 0. The number of hydrogen-bond acceptors (Lipinski definition) is 3. The lowest BCUT2D eigenvalue weighted by Crippen LogP contribution is -2.43. The smallest absolute Gasteiger partial charge is 0.164 e. The fraction of sp³-hybridized carbons (Fsp3) is 0.146. The van der Waals surface area contributed by atoms with Crippen molar-refractivity contribution in [2.24, 2.45) is 0 Å². The van der Waals surface area contributed by atoms with Gasteiger partial charge in [-0.25, -0.2) is 15.0 Å². The largest absolute Gasteiger partial charge is 0.208 e. The summed E-state index contributed by atoms with van der Waals surface area (Å²) in [6.07, 6.45) is 0. The Hall–Kier alpha value is -5.15. The van der Waals surface area contributed by atoms with E-state index in [0.717, 1.165) is 16.7 Å². The van der Waals surface area contributed by atoms with Gasteiger partial charge < -0.3 is 0 Å². The summed E-state index contributed by atoms with van der Waals surface area (Å²) in [5.74, 6) is 2.01. The maximum Gasteiger partial charge on any atom is 0.164 e. The number of hydrogen-bond donors (Lipinski definition) is 0. The fourth-order valence-electron chi connectivity index (χ4n) is 6.94. The van der Waals surface area contributed by atoms with Crippen LogP contribution in [-0.4, -0.2) is 15.0 Å². The Morgan fingerprint density at radius 1 is 0.409 bits per heavy atom. The summed E-state index contributed by atoms with van der Waals surface area (Å²) in [6, 6.07) is 45.1. The molecule has 0 amide bonds. The molecule has 3 nitrogen and oxygen atoms in total. The van der Waals surface area contributed by atoms with E-state index < -0.39 is 0 Å². The molecule has 0 aliphatic heterocycles. The van der Waals surface area contributed by atoms with E-state index in [2.05, 4.69) is 94.4 Å². The fourth-order valence-corrected chi connectivity index (χ4v) is 6.94. The Balaban J connectivity index is 1.37. The molecule has 0 fully saturated rings. The molecular formula is C41H33N3. The van der Waals surface area contributed by atoms with Crippen molar-refractivity contribution < 1.29 is 0 Å². The molecule has 0 saturated heterocycles. The topological polar surface area (TPSA) is 38.7 Å². The molecule has 0 N–H and O–H groups in total. The molecule has 0 bridgehead atoms. The molecule has 212 valence electrons. The summed E-state index contributed by atoms with van der Waals surface area (Å²) in [5, 5.41) is 4.93. The number of aromatic nitrogens is 3. The summed E-state index contributed by atoms with van der Waals surface area (Å²) in [5.41, 5.74) is 8.38. The zero-order valence-electron chi connectivity index (χ0n) is 25.5. The molecule has 44 heavy (non-hydrogen) atoms. The Kier molecular flexibility index (Phi) is 5.83. The molecule has 0 unspecified atom stereocenters. The second kappa shape index (κ2) is 9.68. The van der Waals surface area contributed by atoms with Crippen molar-refractivity contribution in [1.82, 2.24) is 15.0 Å². The van der Waals surface area contributed by atoms with Gasteiger partial charge in [0.2, 0.25) is 0 Å². The van der Waals surface area contributed by atoms with E-state index in [1.807, 2.05) is 60.7 Å². The second-order valence-corrected chi connectivity index (χ2v) is 12.9. The van der Waals surface area contributed by atoms with Gasteiger partial charge in [0.25, 0.3) is 0 Å². The molecule has 1 heterocycles. The average Bonchev–Trinajstić information content (AvgIpc) is 3.07. The van der Waals surface area contributed by atoms with Crippen molar-refractivity contribution in [2.45, 2.75) is 38.5 Å². The molecular weight excluding hydrogens is 534 g/mol. The van der Waals surface area contributed by atoms with Gasteiger partial charge >= 0.3 is 0 Å². The Morgan fingerprint density at radius 3 is 1.59 bits per heavy atom. The van der Waals surface area contributed by atoms with E-state index in [4.69, 9.17) is 15.0 Å². The molecule has 1 aliphatic carbocycles. The summed E-state index contributed by atoms with van der Waals surface area (Å²) < 4.78 is 0. The predicted octanol–water partition coefficient (Wildman–Crippen LogP) is 10.4. The van der Waals surface area contributed by atoms with Gasteiger partial charge in [0, 0.05) is 16.7 Å². The minimum Gasteiger partial charge on any atom is -0.208 e. The van der Waals surface area contributed by atoms with Gasteiger partial charge in [0.1, 0.15) is 0 Å². The minimum absolute atomic E-state index is 0.000106. The van der Waals surface area contributed by atoms with E-state index in [-0.39, 0.29) is 10.8 Å². The van der Waals surface area contributed by atoms with Crippen LogP contribution in [0.1, 0.15) is 38.8 Å². The Morgan fingerprint density at radius 2 is 0.932 bits per heavy atom. The summed E-state index contributed by atoms with van der Waals surface area (Å²) in [4.78, 5) is 14.9. The maximum atomic E-state index is 5.00. The highest BCUT2D eigenvalue weighted by atomic mass is 15.0. The third-order valence-corrected chi connectivity index (χ3v) is 10.1. The first-order chi connectivity index (χ1) is 21.3. The molecule has 6 aromatic carbocycles. The molecule has 1 aliphatic rings. The van der Waals surface area contributed by atoms with Crippen molar-refractivity contribution in [3.8, 4) is 45.3 Å². The van der Waals surface area contributed by atoms with Crippen LogP contribution in [0.4, 0.5) is 0 Å². The second-order valence-electron chi connectivity index (χ2n) is 12.9. The van der Waals surface area contributed by atoms with Crippen LogP contribution in [0.25, 0.3) is 66.8 Å². The number of fused-ring (bicyclic) bond motifs is 7. The SMILES string of the molecule is CC1(C)c2ccccc2-c2c(ccc3c2ccc2ccc(-c4nc(-c5ccccc5)nc(-c5ccccc5)n4)cc23)C1(C)C. The van der Waals surface area contributed by atoms with Gasteiger partial charge in [-0.05, 0) is 60.7 Å². The average molecular weight is 568 g/mol. The van der Waals surface area contributed by atoms with Crippen LogP contribution in [0, 0.1) is 0 Å². The normalized spacial score (nSPS) is 14.7. The molecule has 8 rings (SSSR count). The lowest BCUT2D eigenvalue weighted by atomic mass is 9.55. The first-order valence-corrected chi connectivity index (χ1v) is 15.3. The van der Waals surface area contributed by atoms with Crippen LogP contribution in [0.2, 0.25) is 0 Å². The molecule has 1 aromatic heterocycles. The lowest BCUT2D eigenvalue weighted by molar-refractivity contribution is 0.299. The molecule has 7 aromatic rings. The Bertz CT molecular complexity index is 2160. The molecule has 0 radical (unpaired) electrons. The van der Waals surface area contributed by atoms with Crippen LogP contribution < -0.4 is 0 Å². The van der Waals surface area contributed by atoms with Gasteiger partial charge in [0.05, 0.1) is 0 Å². The van der Waals surface area contributed by atoms with E-state index in [0.29, 0.717) is 17.5 Å². The van der Waals surface area contributed by atoms with Crippen molar-refractivity contribution in [3.63, 3.8) is 0 Å². The molecule has 3 heteroatoms. The monoisotopic (exact) mass is 567 g/mol. The standard InChI is InChI=1S/C41H33N3/c1-40(2)34-18-12-11-17-32(34)36-31-22-21-26-19-20-29(25-33(26)30(31)23-24-35(36)41(40,3)4)39-43-37(27-13-7-5-8-14-27)42-38(44-39)28-15-9-6-10-16-28/h5-25H,1-4H3. The van der Waals surface area contributed by atoms with Gasteiger partial charge in [-0.2, -0.15) is 0 Å². The van der Waals surface area contributed by atoms with Crippen LogP contribution in [0.5, 0.6) is 0 Å². The maximum absolute atomic E-state index is 5.00. The van der Waals surface area contributed by atoms with Crippen molar-refractivity contribution in [2.75, 3.05) is 0 Å². The van der Waals surface area contributed by atoms with E-state index in [1.165, 1.54) is 43.8 Å². The van der Waals surface area contributed by atoms with Gasteiger partial charge in [-0.3, -0.25) is 0 Å². The first-order valence-electron chi connectivity index (χ1n) is 15.3. The number of benzene rings is 6. The lowest BCUT2D eigenvalue weighted by Gasteiger charge is -2.48. The van der Waals surface area contributed by atoms with Crippen LogP contribution in [-0.2, 0) is 10.8 Å². The van der Waals surface area contributed by atoms with E-state index in [9.17, 15) is 0 Å². The van der Waals surface area contributed by atoms with Crippen LogP contribution >= 0.6 is 0 Å². The van der Waals surface area contributed by atoms with Gasteiger partial charge in [-0.1, -0.05) is 149 Å². The molecule has 0 saturated carbocycles. The minimum atomic E-state index is -0.0335. The van der Waals surface area contributed by atoms with Crippen molar-refractivity contribution >= 4 is 21.5 Å². The highest BCUT2D eigenvalue weighted by Crippen LogP contribution is 2.55. The van der Waals surface area contributed by atoms with E-state index in [1.54, 1.807) is 0 Å². The predicted molar refractivity (Wildman–Crippen MR) is 183 cm³/mol. The third-order valence-electron chi connectivity index (χ3n) is 10.1. The Labute approximate surface area is 258 Å². The third kappa shape index (κ3) is 3.92. The number of rotatable bonds is 3. The zero-order chi connectivity index (χ0) is 30.1. The quantitative estimate of drug-likeness (QED) is 0.199. The van der Waals surface area contributed by atoms with Crippen LogP contribution in [0.3, 0.4) is 0 Å². The zero-order valence-corrected chi connectivity index (χ0v) is 25.5. The molecule has 0 atom stereocenters. The van der Waals surface area contributed by atoms with Crippen molar-refractivity contribution in [1.29, 1.82) is 0 Å². The summed E-state index contributed by atoms with van der Waals surface area (Å²) in [7, 11) is 0. The van der Waals surface area contributed by atoms with Gasteiger partial charge in [0.15, 0.2) is 17.5 Å².